The third kappa shape index (κ3) is 4.80. The molecule has 0 aliphatic rings. The van der Waals surface area contributed by atoms with E-state index >= 15 is 0 Å². The van der Waals surface area contributed by atoms with Gasteiger partial charge in [-0.3, -0.25) is 0 Å². The first-order valence-electron chi connectivity index (χ1n) is 16.4. The maximum Gasteiger partial charge on any atom is 0.180 e. The molecule has 4 nitrogen and oxygen atoms in total. The van der Waals surface area contributed by atoms with E-state index in [1.165, 1.54) is 0 Å². The van der Waals surface area contributed by atoms with Gasteiger partial charge in [-0.25, -0.2) is 0 Å². The number of rotatable bonds is 6. The molecule has 50 heavy (non-hydrogen) atoms. The number of hydrogen-bond donors (Lipinski definition) is 0. The molecular formula is C45H28N4Si. The normalized spacial score (nSPS) is 11.1. The van der Waals surface area contributed by atoms with Gasteiger partial charge in [-0.15, -0.1) is 0 Å². The van der Waals surface area contributed by atoms with Gasteiger partial charge < -0.3 is 4.57 Å². The van der Waals surface area contributed by atoms with Crippen molar-refractivity contribution in [1.29, 1.82) is 15.8 Å². The van der Waals surface area contributed by atoms with Crippen LogP contribution in [-0.4, -0.2) is 12.6 Å². The first-order chi connectivity index (χ1) is 24.7. The molecule has 8 aromatic rings. The van der Waals surface area contributed by atoms with Crippen molar-refractivity contribution >= 4 is 50.6 Å². The van der Waals surface area contributed by atoms with Crippen molar-refractivity contribution in [2.75, 3.05) is 0 Å². The standard InChI is InChI=1S/C45H28N4Si/c46-29-32-20-25-43-41(27-32)40-18-10-11-19-42(40)49(43)36-23-21-34(22-24-36)45-35(31-48)26-33(30-47)28-44(45)50(37-12-4-1-5-13-37,38-14-6-2-7-15-38)39-16-8-3-9-17-39/h1-28H. The van der Waals surface area contributed by atoms with Crippen molar-refractivity contribution < 1.29 is 0 Å². The second-order valence-electron chi connectivity index (χ2n) is 12.3. The third-order valence-corrected chi connectivity index (χ3v) is 14.4. The molecule has 0 N–H and O–H groups in total. The molecule has 232 valence electrons. The van der Waals surface area contributed by atoms with Crippen molar-refractivity contribution in [3.63, 3.8) is 0 Å². The van der Waals surface area contributed by atoms with Crippen LogP contribution in [0.4, 0.5) is 0 Å². The van der Waals surface area contributed by atoms with Gasteiger partial charge in [0.25, 0.3) is 0 Å². The van der Waals surface area contributed by atoms with Crippen molar-refractivity contribution in [2.45, 2.75) is 0 Å². The van der Waals surface area contributed by atoms with Crippen LogP contribution in [-0.2, 0) is 0 Å². The predicted octanol–water partition coefficient (Wildman–Crippen LogP) is 7.44. The van der Waals surface area contributed by atoms with E-state index in [9.17, 15) is 15.8 Å². The summed E-state index contributed by atoms with van der Waals surface area (Å²) >= 11 is 0. The zero-order valence-corrected chi connectivity index (χ0v) is 28.0. The number of aromatic nitrogens is 1. The van der Waals surface area contributed by atoms with Gasteiger partial charge in [-0.2, -0.15) is 15.8 Å². The fraction of sp³-hybridized carbons (Fsp3) is 0. The minimum Gasteiger partial charge on any atom is -0.309 e. The maximum absolute atomic E-state index is 10.7. The van der Waals surface area contributed by atoms with Crippen LogP contribution in [0.2, 0.25) is 0 Å². The predicted molar refractivity (Wildman–Crippen MR) is 204 cm³/mol. The first-order valence-corrected chi connectivity index (χ1v) is 18.4. The molecule has 0 unspecified atom stereocenters. The Morgan fingerprint density at radius 1 is 0.440 bits per heavy atom. The highest BCUT2D eigenvalue weighted by molar-refractivity contribution is 7.20. The number of nitrogens with zero attached hydrogens (tertiary/aromatic N) is 4. The Labute approximate surface area is 291 Å². The van der Waals surface area contributed by atoms with E-state index in [1.54, 1.807) is 6.07 Å². The highest BCUT2D eigenvalue weighted by Gasteiger charge is 2.43. The molecule has 0 atom stereocenters. The topological polar surface area (TPSA) is 76.3 Å². The van der Waals surface area contributed by atoms with Crippen LogP contribution in [0.15, 0.2) is 170 Å². The molecule has 0 aliphatic heterocycles. The Morgan fingerprint density at radius 3 is 1.54 bits per heavy atom. The highest BCUT2D eigenvalue weighted by atomic mass is 28.3. The summed E-state index contributed by atoms with van der Waals surface area (Å²) in [6.45, 7) is 0. The Kier molecular flexibility index (Phi) is 7.63. The van der Waals surface area contributed by atoms with Crippen LogP contribution in [0.5, 0.6) is 0 Å². The maximum atomic E-state index is 10.7. The summed E-state index contributed by atoms with van der Waals surface area (Å²) < 4.78 is 2.22. The summed E-state index contributed by atoms with van der Waals surface area (Å²) in [6, 6.07) is 64.9. The molecule has 0 fully saturated rings. The summed E-state index contributed by atoms with van der Waals surface area (Å²) in [6.07, 6.45) is 0. The number of hydrogen-bond acceptors (Lipinski definition) is 3. The van der Waals surface area contributed by atoms with Crippen LogP contribution in [0.25, 0.3) is 38.6 Å². The first kappa shape index (κ1) is 30.4. The number of benzene rings is 7. The zero-order valence-electron chi connectivity index (χ0n) is 27.0. The molecule has 0 saturated heterocycles. The van der Waals surface area contributed by atoms with Gasteiger partial charge in [-0.1, -0.05) is 121 Å². The molecule has 0 amide bonds. The molecule has 1 aromatic heterocycles. The second kappa shape index (κ2) is 12.6. The van der Waals surface area contributed by atoms with Gasteiger partial charge >= 0.3 is 0 Å². The lowest BCUT2D eigenvalue weighted by Gasteiger charge is -2.36. The van der Waals surface area contributed by atoms with Crippen molar-refractivity contribution in [3.8, 4) is 35.0 Å². The van der Waals surface area contributed by atoms with E-state index < -0.39 is 8.07 Å². The lowest BCUT2D eigenvalue weighted by atomic mass is 9.98. The summed E-state index contributed by atoms with van der Waals surface area (Å²) in [5.41, 5.74) is 6.31. The minimum atomic E-state index is -3.10. The molecule has 0 bridgehead atoms. The van der Waals surface area contributed by atoms with E-state index in [4.69, 9.17) is 0 Å². The van der Waals surface area contributed by atoms with E-state index in [0.717, 1.165) is 59.4 Å². The average Bonchev–Trinajstić information content (AvgIpc) is 3.53. The van der Waals surface area contributed by atoms with Gasteiger partial charge in [-0.05, 0) is 80.4 Å². The molecular weight excluding hydrogens is 625 g/mol. The summed E-state index contributed by atoms with van der Waals surface area (Å²) in [4.78, 5) is 0. The second-order valence-corrected chi connectivity index (χ2v) is 16.0. The fourth-order valence-corrected chi connectivity index (χ4v) is 12.6. The molecule has 0 spiro atoms. The van der Waals surface area contributed by atoms with Crippen molar-refractivity contribution in [3.05, 3.63) is 187 Å². The Balaban J connectivity index is 1.43. The number of nitriles is 3. The van der Waals surface area contributed by atoms with Gasteiger partial charge in [0.2, 0.25) is 0 Å². The monoisotopic (exact) mass is 652 g/mol. The molecule has 8 rings (SSSR count). The summed E-state index contributed by atoms with van der Waals surface area (Å²) in [5.74, 6) is 0. The van der Waals surface area contributed by atoms with Gasteiger partial charge in [0.15, 0.2) is 8.07 Å². The molecule has 0 aliphatic carbocycles. The van der Waals surface area contributed by atoms with Crippen LogP contribution in [0, 0.1) is 34.0 Å². The third-order valence-electron chi connectivity index (χ3n) is 9.63. The lowest BCUT2D eigenvalue weighted by molar-refractivity contribution is 1.18. The summed E-state index contributed by atoms with van der Waals surface area (Å²) in [7, 11) is -3.10. The zero-order chi connectivity index (χ0) is 34.1. The molecule has 0 saturated carbocycles. The average molecular weight is 653 g/mol. The van der Waals surface area contributed by atoms with Crippen LogP contribution in [0.1, 0.15) is 16.7 Å². The summed E-state index contributed by atoms with van der Waals surface area (Å²) in [5, 5.41) is 37.2. The quantitative estimate of drug-likeness (QED) is 0.138. The van der Waals surface area contributed by atoms with E-state index in [2.05, 4.69) is 132 Å². The number of fused-ring (bicyclic) bond motifs is 3. The molecule has 7 aromatic carbocycles. The fourth-order valence-electron chi connectivity index (χ4n) is 7.53. The van der Waals surface area contributed by atoms with Crippen molar-refractivity contribution in [2.24, 2.45) is 0 Å². The van der Waals surface area contributed by atoms with Crippen LogP contribution < -0.4 is 20.7 Å². The Bertz CT molecular complexity index is 2560. The van der Waals surface area contributed by atoms with Gasteiger partial charge in [0.05, 0.1) is 45.9 Å². The Hall–Kier alpha value is -6.97. The SMILES string of the molecule is N#Cc1cc(C#N)c(-c2ccc(-n3c4ccccc4c4cc(C#N)ccc43)cc2)c([Si](c2ccccc2)(c2ccccc2)c2ccccc2)c1. The minimum absolute atomic E-state index is 0.457. The van der Waals surface area contributed by atoms with Crippen LogP contribution in [0.3, 0.4) is 0 Å². The van der Waals surface area contributed by atoms with E-state index in [0.29, 0.717) is 16.7 Å². The highest BCUT2D eigenvalue weighted by Crippen LogP contribution is 2.34. The van der Waals surface area contributed by atoms with Crippen molar-refractivity contribution in [1.82, 2.24) is 4.57 Å². The van der Waals surface area contributed by atoms with Gasteiger partial charge in [0.1, 0.15) is 0 Å². The number of para-hydroxylation sites is 1. The molecule has 1 heterocycles. The molecule has 0 radical (unpaired) electrons. The lowest BCUT2D eigenvalue weighted by Crippen LogP contribution is -2.75. The largest absolute Gasteiger partial charge is 0.309 e. The molecule has 5 heteroatoms. The Morgan fingerprint density at radius 2 is 0.980 bits per heavy atom. The van der Waals surface area contributed by atoms with E-state index in [-0.39, 0.29) is 0 Å². The van der Waals surface area contributed by atoms with E-state index in [1.807, 2.05) is 54.6 Å². The van der Waals surface area contributed by atoms with Crippen LogP contribution >= 0.6 is 0 Å². The smallest absolute Gasteiger partial charge is 0.180 e. The van der Waals surface area contributed by atoms with Gasteiger partial charge in [0, 0.05) is 16.5 Å².